The van der Waals surface area contributed by atoms with Crippen LogP contribution in [-0.4, -0.2) is 35.1 Å². The fourth-order valence-corrected chi connectivity index (χ4v) is 3.12. The predicted molar refractivity (Wildman–Crippen MR) is 88.2 cm³/mol. The number of thiazole rings is 2. The average molecular weight is 355 g/mol. The molecule has 0 bridgehead atoms. The zero-order valence-corrected chi connectivity index (χ0v) is 14.5. The molecule has 0 amide bonds. The minimum atomic E-state index is -0.293. The van der Waals surface area contributed by atoms with Crippen molar-refractivity contribution in [1.29, 1.82) is 0 Å². The lowest BCUT2D eigenvalue weighted by Gasteiger charge is -1.99. The molecule has 0 saturated heterocycles. The minimum absolute atomic E-state index is 0.158. The van der Waals surface area contributed by atoms with E-state index < -0.39 is 0 Å². The van der Waals surface area contributed by atoms with Crippen LogP contribution in [0.5, 0.6) is 0 Å². The maximum absolute atomic E-state index is 11.4. The van der Waals surface area contributed by atoms with Crippen LogP contribution in [0.25, 0.3) is 0 Å². The molecule has 0 unspecified atom stereocenters. The van der Waals surface area contributed by atoms with E-state index in [9.17, 15) is 9.59 Å². The third-order valence-corrected chi connectivity index (χ3v) is 4.26. The van der Waals surface area contributed by atoms with Crippen LogP contribution in [0.4, 0.5) is 11.6 Å². The van der Waals surface area contributed by atoms with Crippen molar-refractivity contribution < 1.29 is 19.1 Å². The maximum Gasteiger partial charge on any atom is 0.312 e. The van der Waals surface area contributed by atoms with Gasteiger partial charge < -0.3 is 14.8 Å². The lowest BCUT2D eigenvalue weighted by atomic mass is 10.4. The van der Waals surface area contributed by atoms with E-state index in [1.54, 1.807) is 24.6 Å². The average Bonchev–Trinajstić information content (AvgIpc) is 3.10. The van der Waals surface area contributed by atoms with Gasteiger partial charge in [-0.25, -0.2) is 9.97 Å². The number of carbonyl (C=O) groups is 2. The summed E-state index contributed by atoms with van der Waals surface area (Å²) in [5, 5.41) is 8.01. The number of rotatable bonds is 8. The first-order valence-corrected chi connectivity index (χ1v) is 8.83. The summed E-state index contributed by atoms with van der Waals surface area (Å²) in [5.41, 5.74) is 0. The minimum Gasteiger partial charge on any atom is -0.466 e. The fourth-order valence-electron chi connectivity index (χ4n) is 1.70. The van der Waals surface area contributed by atoms with E-state index in [1.165, 1.54) is 22.7 Å². The fraction of sp³-hybridized carbons (Fsp3) is 0.429. The van der Waals surface area contributed by atoms with E-state index in [0.29, 0.717) is 34.9 Å². The second-order valence-electron chi connectivity index (χ2n) is 4.34. The summed E-state index contributed by atoms with van der Waals surface area (Å²) in [6.07, 6.45) is 0.316. The van der Waals surface area contributed by atoms with Crippen molar-refractivity contribution in [2.75, 3.05) is 18.5 Å². The summed E-state index contributed by atoms with van der Waals surface area (Å²) in [5.74, 6) is 0.641. The Balaban J connectivity index is 1.90. The number of hydrogen-bond acceptors (Lipinski definition) is 9. The lowest BCUT2D eigenvalue weighted by molar-refractivity contribution is -0.143. The SMILES string of the molecule is CCOC(=O)Cc1nc(Nc2csc(CC(=O)OCC)n2)cs1. The first kappa shape index (κ1) is 17.4. The number of nitrogens with zero attached hydrogens (tertiary/aromatic N) is 2. The molecular formula is C14H17N3O4S2. The van der Waals surface area contributed by atoms with E-state index in [-0.39, 0.29) is 24.8 Å². The Hall–Kier alpha value is -2.00. The second kappa shape index (κ2) is 8.59. The van der Waals surface area contributed by atoms with Crippen molar-refractivity contribution in [2.24, 2.45) is 0 Å². The number of anilines is 2. The number of carbonyl (C=O) groups excluding carboxylic acids is 2. The van der Waals surface area contributed by atoms with Gasteiger partial charge in [0.05, 0.1) is 26.1 Å². The second-order valence-corrected chi connectivity index (χ2v) is 6.23. The van der Waals surface area contributed by atoms with Crippen LogP contribution in [0.2, 0.25) is 0 Å². The highest BCUT2D eigenvalue weighted by Crippen LogP contribution is 2.22. The van der Waals surface area contributed by atoms with Crippen LogP contribution in [0.3, 0.4) is 0 Å². The molecule has 9 heteroatoms. The largest absolute Gasteiger partial charge is 0.466 e. The van der Waals surface area contributed by atoms with Gasteiger partial charge in [-0.05, 0) is 13.8 Å². The Morgan fingerprint density at radius 3 is 1.78 bits per heavy atom. The monoisotopic (exact) mass is 355 g/mol. The third kappa shape index (κ3) is 5.61. The third-order valence-electron chi connectivity index (χ3n) is 2.56. The molecule has 0 spiro atoms. The Bertz CT molecular complexity index is 612. The molecule has 0 radical (unpaired) electrons. The van der Waals surface area contributed by atoms with Gasteiger partial charge in [-0.3, -0.25) is 9.59 Å². The summed E-state index contributed by atoms with van der Waals surface area (Å²) in [7, 11) is 0. The highest BCUT2D eigenvalue weighted by molar-refractivity contribution is 7.10. The van der Waals surface area contributed by atoms with Crippen molar-refractivity contribution in [1.82, 2.24) is 9.97 Å². The van der Waals surface area contributed by atoms with Gasteiger partial charge in [0, 0.05) is 10.8 Å². The van der Waals surface area contributed by atoms with Crippen molar-refractivity contribution in [3.63, 3.8) is 0 Å². The summed E-state index contributed by atoms with van der Waals surface area (Å²) in [4.78, 5) is 31.4. The predicted octanol–water partition coefficient (Wildman–Crippen LogP) is 2.55. The van der Waals surface area contributed by atoms with Gasteiger partial charge >= 0.3 is 11.9 Å². The molecule has 2 aromatic rings. The number of hydrogen-bond donors (Lipinski definition) is 1. The topological polar surface area (TPSA) is 90.4 Å². The number of esters is 2. The lowest BCUT2D eigenvalue weighted by Crippen LogP contribution is -2.07. The molecule has 0 aliphatic carbocycles. The van der Waals surface area contributed by atoms with Crippen LogP contribution in [0, 0.1) is 0 Å². The molecule has 2 heterocycles. The number of aromatic nitrogens is 2. The van der Waals surface area contributed by atoms with Gasteiger partial charge in [-0.15, -0.1) is 22.7 Å². The molecule has 7 nitrogen and oxygen atoms in total. The van der Waals surface area contributed by atoms with Crippen molar-refractivity contribution in [2.45, 2.75) is 26.7 Å². The summed E-state index contributed by atoms with van der Waals surface area (Å²) < 4.78 is 9.77. The van der Waals surface area contributed by atoms with E-state index in [1.807, 2.05) is 0 Å². The maximum atomic E-state index is 11.4. The number of ether oxygens (including phenoxy) is 2. The molecule has 0 atom stereocenters. The molecule has 0 fully saturated rings. The Morgan fingerprint density at radius 2 is 1.39 bits per heavy atom. The first-order valence-electron chi connectivity index (χ1n) is 7.07. The first-order chi connectivity index (χ1) is 11.1. The molecule has 2 rings (SSSR count). The van der Waals surface area contributed by atoms with Gasteiger partial charge in [-0.1, -0.05) is 0 Å². The molecule has 0 aliphatic rings. The van der Waals surface area contributed by atoms with Gasteiger partial charge in [0.1, 0.15) is 21.7 Å². The van der Waals surface area contributed by atoms with Crippen molar-refractivity contribution in [3.05, 3.63) is 20.8 Å². The highest BCUT2D eigenvalue weighted by Gasteiger charge is 2.11. The summed E-state index contributed by atoms with van der Waals surface area (Å²) in [6, 6.07) is 0. The van der Waals surface area contributed by atoms with E-state index in [2.05, 4.69) is 15.3 Å². The van der Waals surface area contributed by atoms with Crippen LogP contribution in [0.1, 0.15) is 23.9 Å². The number of nitrogens with one attached hydrogen (secondary N) is 1. The smallest absolute Gasteiger partial charge is 0.312 e. The van der Waals surface area contributed by atoms with Crippen molar-refractivity contribution >= 4 is 46.2 Å². The van der Waals surface area contributed by atoms with Gasteiger partial charge in [0.25, 0.3) is 0 Å². The standard InChI is InChI=1S/C14H17N3O4S2/c1-3-20-13(18)5-11-16-9(7-22-11)15-10-8-23-12(17-10)6-14(19)21-4-2/h7-8,15H,3-6H2,1-2H3. The molecule has 23 heavy (non-hydrogen) atoms. The molecule has 124 valence electrons. The van der Waals surface area contributed by atoms with Crippen LogP contribution in [-0.2, 0) is 31.9 Å². The molecule has 0 saturated carbocycles. The molecule has 0 aliphatic heterocycles. The van der Waals surface area contributed by atoms with Crippen molar-refractivity contribution in [3.8, 4) is 0 Å². The van der Waals surface area contributed by atoms with Gasteiger partial charge in [0.15, 0.2) is 0 Å². The van der Waals surface area contributed by atoms with E-state index in [0.717, 1.165) is 0 Å². The summed E-state index contributed by atoms with van der Waals surface area (Å²) in [6.45, 7) is 4.25. The van der Waals surface area contributed by atoms with Gasteiger partial charge in [0.2, 0.25) is 0 Å². The quantitative estimate of drug-likeness (QED) is 0.728. The zero-order chi connectivity index (χ0) is 16.7. The molecule has 1 N–H and O–H groups in total. The normalized spacial score (nSPS) is 10.3. The van der Waals surface area contributed by atoms with Crippen LogP contribution >= 0.6 is 22.7 Å². The van der Waals surface area contributed by atoms with E-state index >= 15 is 0 Å². The Kier molecular flexibility index (Phi) is 6.48. The Labute approximate surface area is 141 Å². The molecular weight excluding hydrogens is 338 g/mol. The van der Waals surface area contributed by atoms with Crippen LogP contribution in [0.15, 0.2) is 10.8 Å². The molecule has 2 aromatic heterocycles. The van der Waals surface area contributed by atoms with Crippen LogP contribution < -0.4 is 5.32 Å². The summed E-state index contributed by atoms with van der Waals surface area (Å²) >= 11 is 2.75. The van der Waals surface area contributed by atoms with E-state index in [4.69, 9.17) is 9.47 Å². The zero-order valence-electron chi connectivity index (χ0n) is 12.8. The van der Waals surface area contributed by atoms with Gasteiger partial charge in [-0.2, -0.15) is 0 Å². The highest BCUT2D eigenvalue weighted by atomic mass is 32.1. The molecule has 0 aromatic carbocycles. The Morgan fingerprint density at radius 1 is 0.957 bits per heavy atom.